The lowest BCUT2D eigenvalue weighted by Crippen LogP contribution is -2.50. The highest BCUT2D eigenvalue weighted by molar-refractivity contribution is 5.94. The summed E-state index contributed by atoms with van der Waals surface area (Å²) in [4.78, 5) is 26.7. The van der Waals surface area contributed by atoms with Gasteiger partial charge in [-0.1, -0.05) is 13.3 Å². The van der Waals surface area contributed by atoms with Gasteiger partial charge in [0.2, 0.25) is 5.89 Å². The summed E-state index contributed by atoms with van der Waals surface area (Å²) in [6.07, 6.45) is 1.81. The number of aromatic nitrogens is 3. The molecule has 3 rings (SSSR count). The number of Topliss-reactive ketones (excluding diaryl/α,β-unsaturated/α-hetero) is 1. The lowest BCUT2D eigenvalue weighted by atomic mass is 10.2. The average Bonchev–Trinajstić information content (AvgIpc) is 3.11. The molecule has 0 atom stereocenters. The Morgan fingerprint density at radius 3 is 2.69 bits per heavy atom. The molecule has 0 aromatic carbocycles. The van der Waals surface area contributed by atoms with Crippen molar-refractivity contribution in [2.45, 2.75) is 26.2 Å². The van der Waals surface area contributed by atoms with Crippen molar-refractivity contribution in [1.82, 2.24) is 20.1 Å². The van der Waals surface area contributed by atoms with E-state index < -0.39 is 12.3 Å². The number of rotatable bonds is 5. The van der Waals surface area contributed by atoms with Crippen LogP contribution in [0.4, 0.5) is 13.6 Å². The van der Waals surface area contributed by atoms with E-state index in [9.17, 15) is 18.4 Å². The fourth-order valence-electron chi connectivity index (χ4n) is 1.83. The molecule has 1 amide bonds. The third-order valence-corrected chi connectivity index (χ3v) is 3.25. The number of carbonyl (C=O) groups is 2. The SMILES string of the molecule is CCCCOC(=O)N1CC(=O)C1.FC(F)c1nnc(-c2cccnc2)o1. The summed E-state index contributed by atoms with van der Waals surface area (Å²) < 4.78 is 33.8. The van der Waals surface area contributed by atoms with Crippen molar-refractivity contribution >= 4 is 11.9 Å². The second kappa shape index (κ2) is 9.54. The van der Waals surface area contributed by atoms with Crippen LogP contribution in [0.5, 0.6) is 0 Å². The Morgan fingerprint density at radius 1 is 1.38 bits per heavy atom. The number of amides is 1. The first-order chi connectivity index (χ1) is 12.5. The Kier molecular flexibility index (Phi) is 7.12. The van der Waals surface area contributed by atoms with Crippen molar-refractivity contribution in [2.75, 3.05) is 19.7 Å². The monoisotopic (exact) mass is 368 g/mol. The Labute approximate surface area is 148 Å². The van der Waals surface area contributed by atoms with Gasteiger partial charge in [0.15, 0.2) is 5.78 Å². The van der Waals surface area contributed by atoms with Crippen LogP contribution in [-0.4, -0.2) is 51.7 Å². The van der Waals surface area contributed by atoms with Crippen LogP contribution in [0.15, 0.2) is 28.9 Å². The highest BCUT2D eigenvalue weighted by Gasteiger charge is 2.29. The van der Waals surface area contributed by atoms with Gasteiger partial charge in [0.1, 0.15) is 0 Å². The highest BCUT2D eigenvalue weighted by atomic mass is 19.3. The molecule has 0 saturated carbocycles. The van der Waals surface area contributed by atoms with E-state index in [1.165, 1.54) is 11.1 Å². The first-order valence-electron chi connectivity index (χ1n) is 7.96. The van der Waals surface area contributed by atoms with Crippen molar-refractivity contribution in [2.24, 2.45) is 0 Å². The number of ether oxygens (including phenoxy) is 1. The molecule has 1 saturated heterocycles. The molecule has 10 heteroatoms. The van der Waals surface area contributed by atoms with Gasteiger partial charge >= 0.3 is 12.5 Å². The Balaban J connectivity index is 0.000000190. The number of ketones is 1. The van der Waals surface area contributed by atoms with Gasteiger partial charge in [-0.15, -0.1) is 10.2 Å². The minimum atomic E-state index is -2.74. The van der Waals surface area contributed by atoms with Gasteiger partial charge in [0.25, 0.3) is 5.89 Å². The number of pyridine rings is 1. The molecule has 140 valence electrons. The summed E-state index contributed by atoms with van der Waals surface area (Å²) in [5, 5.41) is 6.67. The topological polar surface area (TPSA) is 98.4 Å². The van der Waals surface area contributed by atoms with E-state index in [1.54, 1.807) is 18.3 Å². The Bertz CT molecular complexity index is 716. The van der Waals surface area contributed by atoms with Crippen LogP contribution >= 0.6 is 0 Å². The Morgan fingerprint density at radius 2 is 2.15 bits per heavy atom. The molecule has 0 N–H and O–H groups in total. The van der Waals surface area contributed by atoms with E-state index in [0.717, 1.165) is 12.8 Å². The zero-order valence-electron chi connectivity index (χ0n) is 14.1. The van der Waals surface area contributed by atoms with E-state index in [-0.39, 0.29) is 30.9 Å². The van der Waals surface area contributed by atoms with E-state index in [0.29, 0.717) is 12.2 Å². The molecule has 1 fully saturated rings. The second-order valence-corrected chi connectivity index (χ2v) is 5.35. The molecule has 2 aromatic heterocycles. The highest BCUT2D eigenvalue weighted by Crippen LogP contribution is 2.22. The minimum absolute atomic E-state index is 0.0494. The molecule has 8 nitrogen and oxygen atoms in total. The summed E-state index contributed by atoms with van der Waals surface area (Å²) in [6.45, 7) is 2.94. The number of hydrogen-bond acceptors (Lipinski definition) is 7. The first-order valence-corrected chi connectivity index (χ1v) is 7.96. The first kappa shape index (κ1) is 19.4. The van der Waals surface area contributed by atoms with Crippen molar-refractivity contribution in [1.29, 1.82) is 0 Å². The van der Waals surface area contributed by atoms with Gasteiger partial charge in [-0.05, 0) is 18.6 Å². The number of unbranched alkanes of at least 4 members (excludes halogenated alkanes) is 1. The number of halogens is 2. The number of likely N-dealkylation sites (tertiary alicyclic amines) is 1. The lowest BCUT2D eigenvalue weighted by Gasteiger charge is -2.28. The van der Waals surface area contributed by atoms with Crippen LogP contribution in [0, 0.1) is 0 Å². The van der Waals surface area contributed by atoms with E-state index in [4.69, 9.17) is 9.15 Å². The maximum absolute atomic E-state index is 12.1. The quantitative estimate of drug-likeness (QED) is 0.748. The lowest BCUT2D eigenvalue weighted by molar-refractivity contribution is -0.127. The van der Waals surface area contributed by atoms with Gasteiger partial charge in [0.05, 0.1) is 25.3 Å². The molecule has 0 bridgehead atoms. The van der Waals surface area contributed by atoms with Crippen molar-refractivity contribution < 1.29 is 27.5 Å². The number of hydrogen-bond donors (Lipinski definition) is 0. The number of carbonyl (C=O) groups excluding carboxylic acids is 2. The summed E-state index contributed by atoms with van der Waals surface area (Å²) in [5.74, 6) is -0.528. The molecule has 0 radical (unpaired) electrons. The summed E-state index contributed by atoms with van der Waals surface area (Å²) in [5.41, 5.74) is 0.520. The van der Waals surface area contributed by atoms with Crippen molar-refractivity contribution in [3.05, 3.63) is 30.4 Å². The number of alkyl halides is 2. The third kappa shape index (κ3) is 5.57. The van der Waals surface area contributed by atoms with Crippen LogP contribution in [0.25, 0.3) is 11.5 Å². The minimum Gasteiger partial charge on any atom is -0.449 e. The maximum atomic E-state index is 12.1. The Hall–Kier alpha value is -2.91. The van der Waals surface area contributed by atoms with Crippen molar-refractivity contribution in [3.63, 3.8) is 0 Å². The van der Waals surface area contributed by atoms with E-state index >= 15 is 0 Å². The molecule has 0 spiro atoms. The predicted molar refractivity (Wildman–Crippen MR) is 85.3 cm³/mol. The molecule has 26 heavy (non-hydrogen) atoms. The van der Waals surface area contributed by atoms with E-state index in [2.05, 4.69) is 15.2 Å². The van der Waals surface area contributed by atoms with Crippen molar-refractivity contribution in [3.8, 4) is 11.5 Å². The predicted octanol–water partition coefficient (Wildman–Crippen LogP) is 2.88. The molecular formula is C16H18F2N4O4. The summed E-state index contributed by atoms with van der Waals surface area (Å²) in [6, 6.07) is 3.30. The van der Waals surface area contributed by atoms with Gasteiger partial charge in [0, 0.05) is 12.4 Å². The maximum Gasteiger partial charge on any atom is 0.410 e. The van der Waals surface area contributed by atoms with Crippen LogP contribution in [0.2, 0.25) is 0 Å². The zero-order valence-corrected chi connectivity index (χ0v) is 14.1. The summed E-state index contributed by atoms with van der Waals surface area (Å²) in [7, 11) is 0. The molecular weight excluding hydrogens is 350 g/mol. The van der Waals surface area contributed by atoms with Crippen LogP contribution in [-0.2, 0) is 9.53 Å². The van der Waals surface area contributed by atoms with Crippen LogP contribution in [0.1, 0.15) is 32.1 Å². The number of nitrogens with zero attached hydrogens (tertiary/aromatic N) is 4. The smallest absolute Gasteiger partial charge is 0.410 e. The molecule has 2 aromatic rings. The van der Waals surface area contributed by atoms with Gasteiger partial charge in [-0.25, -0.2) is 4.79 Å². The normalized spacial score (nSPS) is 13.1. The fourth-order valence-corrected chi connectivity index (χ4v) is 1.83. The van der Waals surface area contributed by atoms with E-state index in [1.807, 2.05) is 6.92 Å². The average molecular weight is 368 g/mol. The standard InChI is InChI=1S/C8H5F2N3O.C8H13NO3/c9-6(10)8-13-12-7(14-8)5-2-1-3-11-4-5;1-2-3-4-12-8(11)9-5-7(10)6-9/h1-4,6H;2-6H2,1H3. The molecule has 3 heterocycles. The van der Waals surface area contributed by atoms with Crippen LogP contribution in [0.3, 0.4) is 0 Å². The van der Waals surface area contributed by atoms with Gasteiger partial charge < -0.3 is 9.15 Å². The molecule has 1 aliphatic heterocycles. The van der Waals surface area contributed by atoms with Crippen LogP contribution < -0.4 is 0 Å². The summed E-state index contributed by atoms with van der Waals surface area (Å²) >= 11 is 0. The largest absolute Gasteiger partial charge is 0.449 e. The molecule has 0 unspecified atom stereocenters. The molecule has 1 aliphatic rings. The fraction of sp³-hybridized carbons (Fsp3) is 0.438. The zero-order chi connectivity index (χ0) is 18.9. The molecule has 0 aliphatic carbocycles. The van der Waals surface area contributed by atoms with Gasteiger partial charge in [-0.3, -0.25) is 14.7 Å². The van der Waals surface area contributed by atoms with Gasteiger partial charge in [-0.2, -0.15) is 8.78 Å². The second-order valence-electron chi connectivity index (χ2n) is 5.35. The third-order valence-electron chi connectivity index (χ3n) is 3.25.